The largest absolute Gasteiger partial charge is 0.477 e. The van der Waals surface area contributed by atoms with E-state index in [9.17, 15) is 19.5 Å². The Bertz CT molecular complexity index is 1320. The number of pyridine rings is 1. The molecule has 1 saturated heterocycles. The molecule has 0 radical (unpaired) electrons. The summed E-state index contributed by atoms with van der Waals surface area (Å²) in [5.41, 5.74) is 5.18. The van der Waals surface area contributed by atoms with Gasteiger partial charge in [-0.2, -0.15) is 0 Å². The Hall–Kier alpha value is -3.30. The number of carboxylic acid groups (broad SMARTS) is 1. The number of amides is 1. The highest BCUT2D eigenvalue weighted by Gasteiger charge is 2.56. The maximum absolute atomic E-state index is 15.8. The lowest BCUT2D eigenvalue weighted by Crippen LogP contribution is -2.44. The summed E-state index contributed by atoms with van der Waals surface area (Å²) in [4.78, 5) is 39.1. The first kappa shape index (κ1) is 23.4. The number of carboxylic acids is 1. The zero-order valence-corrected chi connectivity index (χ0v) is 20.4. The van der Waals surface area contributed by atoms with Crippen molar-refractivity contribution >= 4 is 34.3 Å². The van der Waals surface area contributed by atoms with E-state index >= 15 is 4.39 Å². The molecule has 1 atom stereocenters. The van der Waals surface area contributed by atoms with E-state index in [1.54, 1.807) is 32.3 Å². The number of nitrogens with two attached hydrogens (primary N) is 1. The monoisotopic (exact) mass is 486 g/mol. The first-order valence-corrected chi connectivity index (χ1v) is 12.0. The number of carbonyl (C=O) groups is 2. The summed E-state index contributed by atoms with van der Waals surface area (Å²) in [6.45, 7) is 8.05. The molecule has 2 aromatic rings. The van der Waals surface area contributed by atoms with E-state index in [0.29, 0.717) is 29.9 Å². The summed E-state index contributed by atoms with van der Waals surface area (Å²) in [7, 11) is 0. The number of ether oxygens (including phenoxy) is 1. The fraction of sp³-hybridized carbons (Fsp3) is 0.560. The number of hydrogen-bond donors (Lipinski definition) is 3. The number of aromatic nitrogens is 1. The van der Waals surface area contributed by atoms with E-state index < -0.39 is 34.5 Å². The quantitative estimate of drug-likeness (QED) is 0.564. The Morgan fingerprint density at radius 3 is 2.49 bits per heavy atom. The van der Waals surface area contributed by atoms with Gasteiger partial charge in [0.05, 0.1) is 28.3 Å². The molecule has 0 bridgehead atoms. The highest BCUT2D eigenvalue weighted by atomic mass is 19.1. The molecule has 35 heavy (non-hydrogen) atoms. The van der Waals surface area contributed by atoms with Crippen molar-refractivity contribution in [2.75, 3.05) is 23.7 Å². The number of fused-ring (bicyclic) bond motifs is 1. The molecule has 1 amide bonds. The molecule has 2 saturated carbocycles. The van der Waals surface area contributed by atoms with Crippen LogP contribution in [0.2, 0.25) is 0 Å². The van der Waals surface area contributed by atoms with Crippen molar-refractivity contribution in [3.8, 4) is 0 Å². The van der Waals surface area contributed by atoms with Gasteiger partial charge in [-0.1, -0.05) is 0 Å². The number of alkyl carbamates (subject to hydrolysis) is 1. The van der Waals surface area contributed by atoms with Crippen LogP contribution in [0.15, 0.2) is 11.0 Å². The second-order valence-corrected chi connectivity index (χ2v) is 11.2. The van der Waals surface area contributed by atoms with Crippen LogP contribution in [-0.4, -0.2) is 46.5 Å². The molecule has 1 aliphatic heterocycles. The van der Waals surface area contributed by atoms with E-state index in [-0.39, 0.29) is 28.6 Å². The van der Waals surface area contributed by atoms with Crippen LogP contribution < -0.4 is 21.4 Å². The average Bonchev–Trinajstić information content (AvgIpc) is 3.64. The number of nitrogen functional groups attached to an aromatic ring is 1. The van der Waals surface area contributed by atoms with E-state index in [1.165, 1.54) is 6.20 Å². The van der Waals surface area contributed by atoms with Crippen molar-refractivity contribution in [1.82, 2.24) is 9.88 Å². The van der Waals surface area contributed by atoms with Gasteiger partial charge in [0.25, 0.3) is 0 Å². The predicted octanol–water partition coefficient (Wildman–Crippen LogP) is 3.56. The van der Waals surface area contributed by atoms with Gasteiger partial charge in [-0.3, -0.25) is 4.79 Å². The molecule has 1 aromatic carbocycles. The van der Waals surface area contributed by atoms with Crippen LogP contribution in [0.4, 0.5) is 20.6 Å². The summed E-state index contributed by atoms with van der Waals surface area (Å²) in [5.74, 6) is -2.09. The minimum atomic E-state index is -1.36. The Morgan fingerprint density at radius 1 is 1.29 bits per heavy atom. The second-order valence-electron chi connectivity index (χ2n) is 11.2. The normalized spacial score (nSPS) is 20.9. The minimum absolute atomic E-state index is 0.0440. The van der Waals surface area contributed by atoms with Crippen molar-refractivity contribution in [3.05, 3.63) is 33.4 Å². The summed E-state index contributed by atoms with van der Waals surface area (Å²) in [6.07, 6.45) is 4.35. The number of rotatable bonds is 4. The molecule has 10 heteroatoms. The van der Waals surface area contributed by atoms with Crippen molar-refractivity contribution in [1.29, 1.82) is 0 Å². The van der Waals surface area contributed by atoms with Gasteiger partial charge in [0.15, 0.2) is 5.82 Å². The van der Waals surface area contributed by atoms with Crippen LogP contribution in [0.3, 0.4) is 0 Å². The van der Waals surface area contributed by atoms with Crippen LogP contribution in [-0.2, 0) is 4.74 Å². The zero-order chi connectivity index (χ0) is 25.4. The zero-order valence-electron chi connectivity index (χ0n) is 20.4. The fourth-order valence-corrected chi connectivity index (χ4v) is 5.40. The maximum atomic E-state index is 15.8. The number of aromatic carboxylic acids is 1. The molecule has 9 nitrogen and oxygen atoms in total. The smallest absolute Gasteiger partial charge is 0.407 e. The third-order valence-corrected chi connectivity index (χ3v) is 7.38. The third kappa shape index (κ3) is 3.88. The van der Waals surface area contributed by atoms with Gasteiger partial charge < -0.3 is 30.4 Å². The molecule has 4 N–H and O–H groups in total. The molecule has 3 fully saturated rings. The van der Waals surface area contributed by atoms with Gasteiger partial charge in [0.1, 0.15) is 11.2 Å². The van der Waals surface area contributed by atoms with E-state index in [0.717, 1.165) is 25.7 Å². The van der Waals surface area contributed by atoms with Crippen LogP contribution in [0, 0.1) is 18.2 Å². The number of benzene rings is 1. The van der Waals surface area contributed by atoms with Gasteiger partial charge >= 0.3 is 12.1 Å². The van der Waals surface area contributed by atoms with E-state index in [2.05, 4.69) is 5.32 Å². The van der Waals surface area contributed by atoms with Gasteiger partial charge in [-0.25, -0.2) is 14.0 Å². The summed E-state index contributed by atoms with van der Waals surface area (Å²) in [6, 6.07) is -0.171. The Morgan fingerprint density at radius 2 is 1.94 bits per heavy atom. The minimum Gasteiger partial charge on any atom is -0.477 e. The lowest BCUT2D eigenvalue weighted by Gasteiger charge is -2.26. The third-order valence-electron chi connectivity index (χ3n) is 7.38. The maximum Gasteiger partial charge on any atom is 0.407 e. The van der Waals surface area contributed by atoms with E-state index in [1.807, 2.05) is 4.90 Å². The average molecular weight is 487 g/mol. The lowest BCUT2D eigenvalue weighted by atomic mass is 10.0. The van der Waals surface area contributed by atoms with Crippen LogP contribution in [0.1, 0.15) is 68.4 Å². The predicted molar refractivity (Wildman–Crippen MR) is 130 cm³/mol. The number of aryl methyl sites for hydroxylation is 1. The molecular formula is C25H31FN4O5. The van der Waals surface area contributed by atoms with Crippen LogP contribution in [0.5, 0.6) is 0 Å². The Kier molecular flexibility index (Phi) is 5.09. The number of halogens is 1. The summed E-state index contributed by atoms with van der Waals surface area (Å²) in [5, 5.41) is 12.4. The Balaban J connectivity index is 1.59. The molecular weight excluding hydrogens is 455 g/mol. The van der Waals surface area contributed by atoms with Gasteiger partial charge in [0, 0.05) is 30.7 Å². The lowest BCUT2D eigenvalue weighted by molar-refractivity contribution is 0.0493. The fourth-order valence-electron chi connectivity index (χ4n) is 5.40. The first-order valence-electron chi connectivity index (χ1n) is 12.0. The van der Waals surface area contributed by atoms with Crippen LogP contribution >= 0.6 is 0 Å². The number of anilines is 2. The summed E-state index contributed by atoms with van der Waals surface area (Å²) >= 11 is 0. The Labute approximate surface area is 202 Å². The topological polar surface area (TPSA) is 127 Å². The molecule has 5 rings (SSSR count). The highest BCUT2D eigenvalue weighted by molar-refractivity contribution is 6.01. The SMILES string of the molecule is Cc1c(N2CC(NC(=O)OC(C)(C)C)C3(CC3)C2)c(F)c(N)c2c(=O)c(C(=O)O)cn(C3CC3)c12. The number of hydrogen-bond acceptors (Lipinski definition) is 6. The van der Waals surface area contributed by atoms with Crippen LogP contribution in [0.25, 0.3) is 10.9 Å². The number of nitrogens with one attached hydrogen (secondary N) is 1. The molecule has 1 spiro atoms. The summed E-state index contributed by atoms with van der Waals surface area (Å²) < 4.78 is 23.0. The van der Waals surface area contributed by atoms with Crippen molar-refractivity contribution in [2.24, 2.45) is 5.41 Å². The molecule has 3 aliphatic rings. The van der Waals surface area contributed by atoms with E-state index in [4.69, 9.17) is 10.5 Å². The molecule has 188 valence electrons. The number of carbonyl (C=O) groups excluding carboxylic acids is 1. The standard InChI is InChI=1S/C25H31FN4O5/c1-12-19-16(21(31)14(22(32)33)9-30(19)13-5-6-13)18(27)17(26)20(12)29-10-15(25(11-29)7-8-25)28-23(34)35-24(2,3)4/h9,13,15H,5-8,10-11,27H2,1-4H3,(H,28,34)(H,32,33). The molecule has 1 aromatic heterocycles. The molecule has 2 heterocycles. The molecule has 2 aliphatic carbocycles. The van der Waals surface area contributed by atoms with Gasteiger partial charge in [-0.15, -0.1) is 0 Å². The highest BCUT2D eigenvalue weighted by Crippen LogP contribution is 2.54. The van der Waals surface area contributed by atoms with Crippen molar-refractivity contribution in [2.45, 2.75) is 71.1 Å². The number of nitrogens with zero attached hydrogens (tertiary/aromatic N) is 2. The van der Waals surface area contributed by atoms with Gasteiger partial charge in [0.2, 0.25) is 5.43 Å². The first-order chi connectivity index (χ1) is 16.3. The van der Waals surface area contributed by atoms with Gasteiger partial charge in [-0.05, 0) is 58.9 Å². The molecule has 1 unspecified atom stereocenters. The van der Waals surface area contributed by atoms with Crippen molar-refractivity contribution in [3.63, 3.8) is 0 Å². The second kappa shape index (κ2) is 7.60. The van der Waals surface area contributed by atoms with Crippen molar-refractivity contribution < 1.29 is 23.8 Å².